The summed E-state index contributed by atoms with van der Waals surface area (Å²) in [6.45, 7) is 6.48. The van der Waals surface area contributed by atoms with Crippen molar-refractivity contribution in [2.45, 2.75) is 49.4 Å². The first-order valence-electron chi connectivity index (χ1n) is 11.7. The number of carboxylic acid groups (broad SMARTS) is 1. The van der Waals surface area contributed by atoms with E-state index < -0.39 is 22.7 Å². The predicted octanol–water partition coefficient (Wildman–Crippen LogP) is 6.36. The first-order chi connectivity index (χ1) is 16.3. The molecule has 0 spiro atoms. The van der Waals surface area contributed by atoms with Crippen LogP contribution in [0.3, 0.4) is 0 Å². The van der Waals surface area contributed by atoms with Crippen LogP contribution in [0.2, 0.25) is 0 Å². The van der Waals surface area contributed by atoms with Crippen molar-refractivity contribution in [2.24, 2.45) is 11.8 Å². The molecule has 1 saturated heterocycles. The van der Waals surface area contributed by atoms with Gasteiger partial charge in [0.25, 0.3) is 0 Å². The van der Waals surface area contributed by atoms with Crippen LogP contribution in [0.5, 0.6) is 0 Å². The first kappa shape index (κ1) is 24.1. The number of hydrogen-bond acceptors (Lipinski definition) is 3. The molecule has 0 radical (unpaired) electrons. The molecule has 1 fully saturated rings. The standard InChI is InChI=1S/C29H31NO3S/c1-20(2)18-25-27(31)30(19-22-10-6-4-7-11-22)26(23-12-8-5-9-13-23)29(25,28(32)33)34-24-16-14-21(3)15-17-24/h4-17,20,25-26H,18-19H2,1-3H3,(H,32,33)/t25-,26+,29+/m0/s1. The van der Waals surface area contributed by atoms with Crippen LogP contribution in [-0.2, 0) is 16.1 Å². The molecule has 176 valence electrons. The fourth-order valence-corrected chi connectivity index (χ4v) is 6.39. The molecule has 4 rings (SSSR count). The number of thioether (sulfide) groups is 1. The Hall–Kier alpha value is -3.05. The Morgan fingerprint density at radius 1 is 0.971 bits per heavy atom. The number of nitrogens with zero attached hydrogens (tertiary/aromatic N) is 1. The van der Waals surface area contributed by atoms with Gasteiger partial charge in [-0.1, -0.05) is 92.2 Å². The van der Waals surface area contributed by atoms with Gasteiger partial charge in [0.05, 0.1) is 12.0 Å². The number of carbonyl (C=O) groups is 2. The molecule has 1 N–H and O–H groups in total. The number of carboxylic acids is 1. The zero-order chi connectivity index (χ0) is 24.3. The van der Waals surface area contributed by atoms with Crippen molar-refractivity contribution in [1.82, 2.24) is 4.90 Å². The summed E-state index contributed by atoms with van der Waals surface area (Å²) in [5.74, 6) is -1.50. The van der Waals surface area contributed by atoms with E-state index in [1.807, 2.05) is 106 Å². The van der Waals surface area contributed by atoms with Gasteiger partial charge in [-0.25, -0.2) is 0 Å². The lowest BCUT2D eigenvalue weighted by atomic mass is 9.81. The lowest BCUT2D eigenvalue weighted by Crippen LogP contribution is -2.46. The number of amides is 1. The molecule has 0 aliphatic carbocycles. The normalized spacial score (nSPS) is 22.4. The number of aryl methyl sites for hydroxylation is 1. The van der Waals surface area contributed by atoms with Crippen molar-refractivity contribution in [2.75, 3.05) is 0 Å². The first-order valence-corrected chi connectivity index (χ1v) is 12.5. The second-order valence-electron chi connectivity index (χ2n) is 9.46. The number of likely N-dealkylation sites (tertiary alicyclic amines) is 1. The van der Waals surface area contributed by atoms with E-state index in [0.717, 1.165) is 21.6 Å². The number of carbonyl (C=O) groups excluding carboxylic acids is 1. The SMILES string of the molecule is Cc1ccc(S[C@]2(C(=O)O)[C@@H](CC(C)C)C(=O)N(Cc3ccccc3)[C@@H]2c2ccccc2)cc1. The minimum atomic E-state index is -1.35. The maximum absolute atomic E-state index is 14.0. The van der Waals surface area contributed by atoms with Gasteiger partial charge in [-0.3, -0.25) is 9.59 Å². The Balaban J connectivity index is 1.91. The molecule has 34 heavy (non-hydrogen) atoms. The van der Waals surface area contributed by atoms with Gasteiger partial charge in [-0.05, 0) is 42.5 Å². The van der Waals surface area contributed by atoms with E-state index in [9.17, 15) is 14.7 Å². The Kier molecular flexibility index (Phi) is 7.13. The van der Waals surface area contributed by atoms with Gasteiger partial charge in [0.2, 0.25) is 5.91 Å². The molecule has 0 saturated carbocycles. The van der Waals surface area contributed by atoms with Crippen LogP contribution in [0.1, 0.15) is 43.0 Å². The third kappa shape index (κ3) is 4.62. The fourth-order valence-electron chi connectivity index (χ4n) is 4.93. The number of hydrogen-bond donors (Lipinski definition) is 1. The zero-order valence-corrected chi connectivity index (χ0v) is 20.7. The predicted molar refractivity (Wildman–Crippen MR) is 137 cm³/mol. The highest BCUT2D eigenvalue weighted by Crippen LogP contribution is 2.57. The lowest BCUT2D eigenvalue weighted by Gasteiger charge is -2.37. The monoisotopic (exact) mass is 473 g/mol. The molecular formula is C29H31NO3S. The molecule has 1 aliphatic heterocycles. The van der Waals surface area contributed by atoms with Gasteiger partial charge in [0, 0.05) is 11.4 Å². The zero-order valence-electron chi connectivity index (χ0n) is 19.8. The van der Waals surface area contributed by atoms with Crippen LogP contribution in [-0.4, -0.2) is 26.6 Å². The third-order valence-corrected chi connectivity index (χ3v) is 8.00. The van der Waals surface area contributed by atoms with E-state index in [0.29, 0.717) is 13.0 Å². The molecule has 3 atom stereocenters. The van der Waals surface area contributed by atoms with Gasteiger partial charge < -0.3 is 10.0 Å². The maximum atomic E-state index is 14.0. The van der Waals surface area contributed by atoms with Crippen LogP contribution in [0.4, 0.5) is 0 Å². The average molecular weight is 474 g/mol. The smallest absolute Gasteiger partial charge is 0.323 e. The Morgan fingerprint density at radius 2 is 1.56 bits per heavy atom. The summed E-state index contributed by atoms with van der Waals surface area (Å²) >= 11 is 1.32. The highest BCUT2D eigenvalue weighted by atomic mass is 32.2. The van der Waals surface area contributed by atoms with E-state index in [1.165, 1.54) is 11.8 Å². The topological polar surface area (TPSA) is 57.6 Å². The quantitative estimate of drug-likeness (QED) is 0.414. The largest absolute Gasteiger partial charge is 0.480 e. The second kappa shape index (κ2) is 10.1. The highest BCUT2D eigenvalue weighted by Gasteiger charge is 2.64. The van der Waals surface area contributed by atoms with Gasteiger partial charge in [-0.2, -0.15) is 0 Å². The van der Waals surface area contributed by atoms with E-state index in [1.54, 1.807) is 4.90 Å². The van der Waals surface area contributed by atoms with Gasteiger partial charge in [0.15, 0.2) is 4.75 Å². The highest BCUT2D eigenvalue weighted by molar-refractivity contribution is 8.01. The average Bonchev–Trinajstić information content (AvgIpc) is 3.04. The molecule has 5 heteroatoms. The molecule has 3 aromatic rings. The molecule has 1 amide bonds. The van der Waals surface area contributed by atoms with Gasteiger partial charge in [-0.15, -0.1) is 11.8 Å². The third-order valence-electron chi connectivity index (χ3n) is 6.48. The maximum Gasteiger partial charge on any atom is 0.323 e. The van der Waals surface area contributed by atoms with Crippen molar-refractivity contribution >= 4 is 23.6 Å². The van der Waals surface area contributed by atoms with E-state index >= 15 is 0 Å². The molecule has 1 aliphatic rings. The summed E-state index contributed by atoms with van der Waals surface area (Å²) in [4.78, 5) is 30.0. The summed E-state index contributed by atoms with van der Waals surface area (Å²) in [6.07, 6.45) is 0.513. The summed E-state index contributed by atoms with van der Waals surface area (Å²) in [5.41, 5.74) is 2.95. The summed E-state index contributed by atoms with van der Waals surface area (Å²) < 4.78 is -1.35. The number of rotatable bonds is 8. The van der Waals surface area contributed by atoms with Crippen LogP contribution >= 0.6 is 11.8 Å². The van der Waals surface area contributed by atoms with Crippen molar-refractivity contribution in [3.05, 3.63) is 102 Å². The van der Waals surface area contributed by atoms with E-state index in [4.69, 9.17) is 0 Å². The Bertz CT molecular complexity index is 1130. The molecule has 1 heterocycles. The van der Waals surface area contributed by atoms with Crippen LogP contribution in [0, 0.1) is 18.8 Å². The summed E-state index contributed by atoms with van der Waals surface area (Å²) in [5, 5.41) is 10.9. The van der Waals surface area contributed by atoms with Crippen molar-refractivity contribution < 1.29 is 14.7 Å². The molecule has 0 unspecified atom stereocenters. The van der Waals surface area contributed by atoms with Crippen molar-refractivity contribution in [3.63, 3.8) is 0 Å². The summed E-state index contributed by atoms with van der Waals surface area (Å²) in [7, 11) is 0. The molecule has 3 aromatic carbocycles. The van der Waals surface area contributed by atoms with Crippen molar-refractivity contribution in [1.29, 1.82) is 0 Å². The molecule has 0 bridgehead atoms. The van der Waals surface area contributed by atoms with E-state index in [2.05, 4.69) is 0 Å². The molecule has 0 aromatic heterocycles. The Labute approximate surface area is 206 Å². The van der Waals surface area contributed by atoms with Crippen LogP contribution in [0.15, 0.2) is 89.8 Å². The second-order valence-corrected chi connectivity index (χ2v) is 10.8. The lowest BCUT2D eigenvalue weighted by molar-refractivity contribution is -0.142. The Morgan fingerprint density at radius 3 is 2.12 bits per heavy atom. The number of benzene rings is 3. The number of aliphatic carboxylic acids is 1. The molecular weight excluding hydrogens is 442 g/mol. The van der Waals surface area contributed by atoms with Gasteiger partial charge >= 0.3 is 5.97 Å². The van der Waals surface area contributed by atoms with Crippen molar-refractivity contribution in [3.8, 4) is 0 Å². The molecule has 4 nitrogen and oxygen atoms in total. The minimum Gasteiger partial charge on any atom is -0.480 e. The van der Waals surface area contributed by atoms with Crippen LogP contribution < -0.4 is 0 Å². The minimum absolute atomic E-state index is 0.0894. The van der Waals surface area contributed by atoms with Gasteiger partial charge in [0.1, 0.15) is 0 Å². The van der Waals surface area contributed by atoms with E-state index in [-0.39, 0.29) is 11.8 Å². The fraction of sp³-hybridized carbons (Fsp3) is 0.310. The van der Waals surface area contributed by atoms with Crippen LogP contribution in [0.25, 0.3) is 0 Å². The summed E-state index contributed by atoms with van der Waals surface area (Å²) in [6, 6.07) is 26.8.